The maximum atomic E-state index is 13.8. The molecule has 0 bridgehead atoms. The summed E-state index contributed by atoms with van der Waals surface area (Å²) in [7, 11) is 0. The third-order valence-electron chi connectivity index (χ3n) is 6.41. The molecule has 1 aromatic carbocycles. The molecule has 2 fully saturated rings. The van der Waals surface area contributed by atoms with Crippen molar-refractivity contribution in [2.24, 2.45) is 11.1 Å². The van der Waals surface area contributed by atoms with Gasteiger partial charge < -0.3 is 20.9 Å². The number of hydrogen-bond donors (Lipinski definition) is 3. The van der Waals surface area contributed by atoms with E-state index in [2.05, 4.69) is 15.3 Å². The van der Waals surface area contributed by atoms with Gasteiger partial charge in [0, 0.05) is 12.6 Å². The van der Waals surface area contributed by atoms with Crippen LogP contribution in [0, 0.1) is 18.2 Å². The highest BCUT2D eigenvalue weighted by Gasteiger charge is 2.49. The summed E-state index contributed by atoms with van der Waals surface area (Å²) in [6, 6.07) is 2.72. The van der Waals surface area contributed by atoms with E-state index in [-0.39, 0.29) is 28.4 Å². The average molecular weight is 448 g/mol. The Balaban J connectivity index is 1.42. The van der Waals surface area contributed by atoms with Crippen molar-refractivity contribution in [3.63, 3.8) is 0 Å². The Bertz CT molecular complexity index is 1060. The average Bonchev–Trinajstić information content (AvgIpc) is 3.33. The molecule has 1 spiro atoms. The van der Waals surface area contributed by atoms with Gasteiger partial charge in [-0.25, -0.2) is 9.37 Å². The lowest BCUT2D eigenvalue weighted by atomic mass is 9.71. The molecule has 0 unspecified atom stereocenters. The van der Waals surface area contributed by atoms with E-state index in [1.807, 2.05) is 0 Å². The van der Waals surface area contributed by atoms with Crippen LogP contribution in [0.25, 0.3) is 0 Å². The van der Waals surface area contributed by atoms with E-state index in [4.69, 9.17) is 17.3 Å². The number of rotatable bonds is 4. The molecule has 4 rings (SSSR count). The molecule has 1 aliphatic carbocycles. The van der Waals surface area contributed by atoms with Gasteiger partial charge in [0.2, 0.25) is 5.91 Å². The van der Waals surface area contributed by atoms with E-state index >= 15 is 0 Å². The summed E-state index contributed by atoms with van der Waals surface area (Å²) in [4.78, 5) is 45.3. The van der Waals surface area contributed by atoms with Crippen molar-refractivity contribution in [1.82, 2.24) is 15.3 Å². The monoisotopic (exact) mass is 447 g/mol. The second-order valence-electron chi connectivity index (χ2n) is 8.28. The molecule has 1 aliphatic heterocycles. The number of aryl methyl sites for hydroxylation is 1. The van der Waals surface area contributed by atoms with Crippen molar-refractivity contribution in [1.29, 1.82) is 0 Å². The highest BCUT2D eigenvalue weighted by atomic mass is 35.5. The predicted molar refractivity (Wildman–Crippen MR) is 112 cm³/mol. The molecule has 31 heavy (non-hydrogen) atoms. The van der Waals surface area contributed by atoms with Crippen molar-refractivity contribution in [2.75, 3.05) is 11.4 Å². The normalized spacial score (nSPS) is 23.4. The van der Waals surface area contributed by atoms with Crippen LogP contribution in [0.5, 0.6) is 0 Å². The molecular formula is C21H23ClFN5O3. The molecule has 3 amide bonds. The van der Waals surface area contributed by atoms with Crippen LogP contribution >= 0.6 is 11.6 Å². The Kier molecular flexibility index (Phi) is 5.47. The summed E-state index contributed by atoms with van der Waals surface area (Å²) in [5.74, 6) is -1.63. The molecule has 1 saturated carbocycles. The Labute approximate surface area is 183 Å². The molecule has 1 saturated heterocycles. The van der Waals surface area contributed by atoms with Crippen molar-refractivity contribution < 1.29 is 18.8 Å². The number of imidazole rings is 1. The van der Waals surface area contributed by atoms with Gasteiger partial charge in [0.25, 0.3) is 11.8 Å². The van der Waals surface area contributed by atoms with Crippen LogP contribution in [0.3, 0.4) is 0 Å². The Morgan fingerprint density at radius 1 is 1.32 bits per heavy atom. The predicted octanol–water partition coefficient (Wildman–Crippen LogP) is 2.71. The van der Waals surface area contributed by atoms with Gasteiger partial charge in [-0.1, -0.05) is 11.6 Å². The number of hydrogen-bond acceptors (Lipinski definition) is 4. The lowest BCUT2D eigenvalue weighted by Gasteiger charge is -2.36. The molecule has 10 heteroatoms. The van der Waals surface area contributed by atoms with E-state index in [0.717, 1.165) is 0 Å². The summed E-state index contributed by atoms with van der Waals surface area (Å²) >= 11 is 6.22. The molecule has 0 radical (unpaired) electrons. The molecular weight excluding hydrogens is 425 g/mol. The van der Waals surface area contributed by atoms with E-state index < -0.39 is 23.0 Å². The molecule has 8 nitrogen and oxygen atoms in total. The zero-order chi connectivity index (χ0) is 22.3. The first-order valence-electron chi connectivity index (χ1n) is 10.1. The fourth-order valence-corrected chi connectivity index (χ4v) is 4.84. The Hall–Kier alpha value is -2.94. The molecule has 2 aliphatic rings. The van der Waals surface area contributed by atoms with Gasteiger partial charge in [0.15, 0.2) is 5.69 Å². The fourth-order valence-electron chi connectivity index (χ4n) is 4.59. The largest absolute Gasteiger partial charge is 0.364 e. The number of halogens is 2. The van der Waals surface area contributed by atoms with Gasteiger partial charge in [-0.3, -0.25) is 14.4 Å². The highest BCUT2D eigenvalue weighted by molar-refractivity contribution is 6.34. The number of anilines is 1. The minimum Gasteiger partial charge on any atom is -0.364 e. The lowest BCUT2D eigenvalue weighted by Crippen LogP contribution is -2.44. The zero-order valence-corrected chi connectivity index (χ0v) is 17.8. The van der Waals surface area contributed by atoms with Gasteiger partial charge in [-0.2, -0.15) is 0 Å². The molecule has 2 heterocycles. The van der Waals surface area contributed by atoms with Crippen LogP contribution in [0.4, 0.5) is 10.1 Å². The Morgan fingerprint density at radius 2 is 2.03 bits per heavy atom. The Morgan fingerprint density at radius 3 is 2.71 bits per heavy atom. The van der Waals surface area contributed by atoms with Crippen LogP contribution in [0.15, 0.2) is 18.5 Å². The minimum absolute atomic E-state index is 0.00602. The summed E-state index contributed by atoms with van der Waals surface area (Å²) < 4.78 is 13.8. The minimum atomic E-state index is -0.753. The highest BCUT2D eigenvalue weighted by Crippen LogP contribution is 2.47. The number of nitrogens with two attached hydrogens (primary N) is 1. The topological polar surface area (TPSA) is 121 Å². The number of amides is 3. The molecule has 4 N–H and O–H groups in total. The lowest BCUT2D eigenvalue weighted by molar-refractivity contribution is -0.127. The zero-order valence-electron chi connectivity index (χ0n) is 17.0. The number of nitrogens with one attached hydrogen (secondary N) is 2. The molecule has 0 atom stereocenters. The van der Waals surface area contributed by atoms with Crippen molar-refractivity contribution in [3.8, 4) is 0 Å². The number of nitrogens with zero attached hydrogens (tertiary/aromatic N) is 2. The van der Waals surface area contributed by atoms with Crippen molar-refractivity contribution in [2.45, 2.75) is 45.1 Å². The van der Waals surface area contributed by atoms with Gasteiger partial charge in [0.1, 0.15) is 11.5 Å². The van der Waals surface area contributed by atoms with Crippen LogP contribution in [-0.4, -0.2) is 40.3 Å². The summed E-state index contributed by atoms with van der Waals surface area (Å²) in [5, 5.41) is 3.11. The second-order valence-corrected chi connectivity index (χ2v) is 8.69. The number of primary amides is 1. The SMILES string of the molecule is Cc1cc(N2CC[C@]3(CC[C@@H](NC(=O)c4nc[nH]c4C(N)=O)CC3)C2=O)c(Cl)cc1F. The van der Waals surface area contributed by atoms with Gasteiger partial charge in [-0.05, 0) is 56.7 Å². The van der Waals surface area contributed by atoms with Crippen LogP contribution in [0.2, 0.25) is 5.02 Å². The number of carbonyl (C=O) groups is 3. The van der Waals surface area contributed by atoms with Crippen LogP contribution in [-0.2, 0) is 4.79 Å². The molecule has 164 valence electrons. The van der Waals surface area contributed by atoms with E-state index in [9.17, 15) is 18.8 Å². The molecule has 2 aromatic rings. The van der Waals surface area contributed by atoms with Crippen LogP contribution in [0.1, 0.15) is 58.6 Å². The van der Waals surface area contributed by atoms with E-state index in [0.29, 0.717) is 49.9 Å². The number of carbonyl (C=O) groups excluding carboxylic acids is 3. The maximum absolute atomic E-state index is 13.8. The first-order valence-corrected chi connectivity index (χ1v) is 10.5. The third-order valence-corrected chi connectivity index (χ3v) is 6.71. The number of benzene rings is 1. The van der Waals surface area contributed by atoms with Gasteiger partial charge in [0.05, 0.1) is 22.5 Å². The number of aromatic nitrogens is 2. The summed E-state index contributed by atoms with van der Waals surface area (Å²) in [6.45, 7) is 2.16. The fraction of sp³-hybridized carbons (Fsp3) is 0.429. The number of aromatic amines is 1. The summed E-state index contributed by atoms with van der Waals surface area (Å²) in [5.41, 5.74) is 5.66. The second kappa shape index (κ2) is 7.96. The summed E-state index contributed by atoms with van der Waals surface area (Å²) in [6.07, 6.45) is 4.42. The standard InChI is InChI=1S/C21H23ClFN5O3/c1-11-8-15(13(22)9-14(11)23)28-7-6-21(20(28)31)4-2-12(3-5-21)27-19(30)17-16(18(24)29)25-10-26-17/h8-10,12H,2-7H2,1H3,(H2,24,29)(H,25,26)(H,27,30)/t12-,21-. The van der Waals surface area contributed by atoms with Gasteiger partial charge in [-0.15, -0.1) is 0 Å². The van der Waals surface area contributed by atoms with Crippen molar-refractivity contribution in [3.05, 3.63) is 46.3 Å². The molecule has 1 aromatic heterocycles. The third kappa shape index (κ3) is 3.78. The smallest absolute Gasteiger partial charge is 0.272 e. The first kappa shape index (κ1) is 21.3. The van der Waals surface area contributed by atoms with Gasteiger partial charge >= 0.3 is 0 Å². The quantitative estimate of drug-likeness (QED) is 0.667. The maximum Gasteiger partial charge on any atom is 0.272 e. The van der Waals surface area contributed by atoms with E-state index in [1.165, 1.54) is 12.4 Å². The van der Waals surface area contributed by atoms with Crippen LogP contribution < -0.4 is 16.0 Å². The van der Waals surface area contributed by atoms with Crippen molar-refractivity contribution >= 4 is 35.0 Å². The first-order chi connectivity index (χ1) is 14.7. The number of H-pyrrole nitrogens is 1. The van der Waals surface area contributed by atoms with E-state index in [1.54, 1.807) is 17.9 Å².